The van der Waals surface area contributed by atoms with Gasteiger partial charge in [0.05, 0.1) is 5.41 Å². The van der Waals surface area contributed by atoms with Gasteiger partial charge in [-0.15, -0.1) is 0 Å². The van der Waals surface area contributed by atoms with Gasteiger partial charge < -0.3 is 10.0 Å². The summed E-state index contributed by atoms with van der Waals surface area (Å²) in [4.78, 5) is 13.5. The third kappa shape index (κ3) is 3.35. The molecule has 5 nitrogen and oxygen atoms in total. The summed E-state index contributed by atoms with van der Waals surface area (Å²) in [5.74, 6) is 5.16. The van der Waals surface area contributed by atoms with Gasteiger partial charge in [0.15, 0.2) is 0 Å². The maximum Gasteiger partial charge on any atom is 0.241 e. The van der Waals surface area contributed by atoms with Gasteiger partial charge in [-0.05, 0) is 38.1 Å². The quantitative estimate of drug-likeness (QED) is 0.412. The van der Waals surface area contributed by atoms with Crippen LogP contribution in [0.5, 0.6) is 5.75 Å². The van der Waals surface area contributed by atoms with Crippen molar-refractivity contribution in [1.29, 1.82) is 0 Å². The van der Waals surface area contributed by atoms with E-state index < -0.39 is 5.41 Å². The van der Waals surface area contributed by atoms with Crippen LogP contribution in [-0.2, 0) is 4.79 Å². The molecule has 0 saturated carbocycles. The monoisotopic (exact) mass is 237 g/mol. The number of amides is 1. The Bertz CT molecular complexity index is 387. The summed E-state index contributed by atoms with van der Waals surface area (Å²) in [5.41, 5.74) is 2.51. The topological polar surface area (TPSA) is 78.6 Å². The molecule has 0 aliphatic rings. The Balaban J connectivity index is 2.75. The number of phenols is 1. The first kappa shape index (κ1) is 13.3. The van der Waals surface area contributed by atoms with Crippen LogP contribution in [0.3, 0.4) is 0 Å². The summed E-state index contributed by atoms with van der Waals surface area (Å²) < 4.78 is 0. The number of aromatic hydroxyl groups is 1. The molecule has 5 heteroatoms. The van der Waals surface area contributed by atoms with Crippen molar-refractivity contribution in [1.82, 2.24) is 5.43 Å². The van der Waals surface area contributed by atoms with Crippen LogP contribution in [-0.4, -0.2) is 24.6 Å². The van der Waals surface area contributed by atoms with E-state index in [1.165, 1.54) is 0 Å². The second-order valence-electron chi connectivity index (χ2n) is 4.73. The Hall–Kier alpha value is -1.75. The zero-order chi connectivity index (χ0) is 13.1. The average molecular weight is 237 g/mol. The molecule has 0 fully saturated rings. The number of hydrazine groups is 1. The fourth-order valence-corrected chi connectivity index (χ4v) is 1.66. The summed E-state index contributed by atoms with van der Waals surface area (Å²) >= 11 is 0. The maximum absolute atomic E-state index is 11.6. The first-order chi connectivity index (χ1) is 7.86. The van der Waals surface area contributed by atoms with E-state index in [-0.39, 0.29) is 11.7 Å². The van der Waals surface area contributed by atoms with Gasteiger partial charge in [0.1, 0.15) is 5.75 Å². The lowest BCUT2D eigenvalue weighted by Crippen LogP contribution is -2.46. The molecule has 1 aromatic carbocycles. The highest BCUT2D eigenvalue weighted by Crippen LogP contribution is 2.22. The minimum absolute atomic E-state index is 0.205. The van der Waals surface area contributed by atoms with Crippen molar-refractivity contribution in [2.75, 3.05) is 18.5 Å². The van der Waals surface area contributed by atoms with Crippen LogP contribution >= 0.6 is 0 Å². The number of carbonyl (C=O) groups excluding carboxylic acids is 1. The molecule has 0 radical (unpaired) electrons. The maximum atomic E-state index is 11.6. The molecule has 1 rings (SSSR count). The molecule has 1 aromatic rings. The summed E-state index contributed by atoms with van der Waals surface area (Å²) in [6.07, 6.45) is 0. The third-order valence-corrected chi connectivity index (χ3v) is 2.67. The molecule has 94 valence electrons. The highest BCUT2D eigenvalue weighted by Gasteiger charge is 2.28. The van der Waals surface area contributed by atoms with Gasteiger partial charge in [0.2, 0.25) is 5.91 Å². The van der Waals surface area contributed by atoms with Crippen molar-refractivity contribution in [2.24, 2.45) is 11.3 Å². The second kappa shape index (κ2) is 5.05. The van der Waals surface area contributed by atoms with Crippen LogP contribution in [0.15, 0.2) is 24.3 Å². The number of nitrogens with one attached hydrogen (secondary N) is 1. The molecule has 4 N–H and O–H groups in total. The third-order valence-electron chi connectivity index (χ3n) is 2.67. The number of anilines is 1. The van der Waals surface area contributed by atoms with Crippen molar-refractivity contribution in [2.45, 2.75) is 13.8 Å². The smallest absolute Gasteiger partial charge is 0.241 e. The fraction of sp³-hybridized carbons (Fsp3) is 0.417. The van der Waals surface area contributed by atoms with Gasteiger partial charge in [-0.25, -0.2) is 5.84 Å². The van der Waals surface area contributed by atoms with Gasteiger partial charge in [0, 0.05) is 19.3 Å². The van der Waals surface area contributed by atoms with Crippen LogP contribution in [0, 0.1) is 5.41 Å². The molecule has 0 heterocycles. The SMILES string of the molecule is CN(CC(C)(C)C(=O)NN)c1ccc(O)cc1. The Kier molecular flexibility index (Phi) is 3.96. The molecule has 0 atom stereocenters. The zero-order valence-electron chi connectivity index (χ0n) is 10.4. The Labute approximate surface area is 101 Å². The van der Waals surface area contributed by atoms with E-state index in [1.807, 2.05) is 25.8 Å². The van der Waals surface area contributed by atoms with E-state index in [2.05, 4.69) is 5.43 Å². The number of rotatable bonds is 4. The molecule has 0 aliphatic heterocycles. The van der Waals surface area contributed by atoms with Crippen LogP contribution in [0.4, 0.5) is 5.69 Å². The van der Waals surface area contributed by atoms with Crippen molar-refractivity contribution in [3.05, 3.63) is 24.3 Å². The first-order valence-corrected chi connectivity index (χ1v) is 5.38. The Morgan fingerprint density at radius 1 is 1.41 bits per heavy atom. The van der Waals surface area contributed by atoms with Crippen molar-refractivity contribution >= 4 is 11.6 Å². The number of benzene rings is 1. The van der Waals surface area contributed by atoms with Crippen LogP contribution in [0.2, 0.25) is 0 Å². The normalized spacial score (nSPS) is 11.1. The van der Waals surface area contributed by atoms with Crippen molar-refractivity contribution < 1.29 is 9.90 Å². The van der Waals surface area contributed by atoms with Crippen LogP contribution in [0.25, 0.3) is 0 Å². The summed E-state index contributed by atoms with van der Waals surface area (Å²) in [6.45, 7) is 4.18. The summed E-state index contributed by atoms with van der Waals surface area (Å²) in [5, 5.41) is 9.20. The number of hydrogen-bond donors (Lipinski definition) is 3. The van der Waals surface area contributed by atoms with Crippen LogP contribution in [0.1, 0.15) is 13.8 Å². The molecule has 0 unspecified atom stereocenters. The number of nitrogens with two attached hydrogens (primary N) is 1. The number of hydrogen-bond acceptors (Lipinski definition) is 4. The van der Waals surface area contributed by atoms with E-state index in [0.717, 1.165) is 5.69 Å². The molecule has 1 amide bonds. The zero-order valence-corrected chi connectivity index (χ0v) is 10.4. The molecule has 0 aromatic heterocycles. The fourth-order valence-electron chi connectivity index (χ4n) is 1.66. The number of phenolic OH excluding ortho intramolecular Hbond substituents is 1. The molecule has 17 heavy (non-hydrogen) atoms. The largest absolute Gasteiger partial charge is 0.508 e. The van der Waals surface area contributed by atoms with E-state index in [0.29, 0.717) is 6.54 Å². The van der Waals surface area contributed by atoms with E-state index >= 15 is 0 Å². The van der Waals surface area contributed by atoms with Crippen molar-refractivity contribution in [3.63, 3.8) is 0 Å². The van der Waals surface area contributed by atoms with Gasteiger partial charge >= 0.3 is 0 Å². The van der Waals surface area contributed by atoms with Gasteiger partial charge in [0.25, 0.3) is 0 Å². The highest BCUT2D eigenvalue weighted by atomic mass is 16.3. The predicted molar refractivity (Wildman–Crippen MR) is 67.5 cm³/mol. The van der Waals surface area contributed by atoms with E-state index in [1.54, 1.807) is 24.3 Å². The minimum Gasteiger partial charge on any atom is -0.508 e. The lowest BCUT2D eigenvalue weighted by Gasteiger charge is -2.29. The standard InChI is InChI=1S/C12H19N3O2/c1-12(2,11(17)14-13)8-15(3)9-4-6-10(16)7-5-9/h4-7,16H,8,13H2,1-3H3,(H,14,17). The minimum atomic E-state index is -0.582. The van der Waals surface area contributed by atoms with Crippen LogP contribution < -0.4 is 16.2 Å². The molecule has 0 spiro atoms. The van der Waals surface area contributed by atoms with E-state index in [4.69, 9.17) is 5.84 Å². The Morgan fingerprint density at radius 3 is 2.41 bits per heavy atom. The highest BCUT2D eigenvalue weighted by molar-refractivity contribution is 5.81. The molecular formula is C12H19N3O2. The predicted octanol–water partition coefficient (Wildman–Crippen LogP) is 0.845. The lowest BCUT2D eigenvalue weighted by atomic mass is 9.92. The second-order valence-corrected chi connectivity index (χ2v) is 4.73. The lowest BCUT2D eigenvalue weighted by molar-refractivity contribution is -0.128. The molecule has 0 aliphatic carbocycles. The van der Waals surface area contributed by atoms with Crippen molar-refractivity contribution in [3.8, 4) is 5.75 Å². The first-order valence-electron chi connectivity index (χ1n) is 5.38. The van der Waals surface area contributed by atoms with Gasteiger partial charge in [-0.2, -0.15) is 0 Å². The molecule has 0 bridgehead atoms. The number of nitrogens with zero attached hydrogens (tertiary/aromatic N) is 1. The summed E-state index contributed by atoms with van der Waals surface area (Å²) in [7, 11) is 1.89. The van der Waals surface area contributed by atoms with E-state index in [9.17, 15) is 9.90 Å². The molecular weight excluding hydrogens is 218 g/mol. The summed E-state index contributed by atoms with van der Waals surface area (Å²) in [6, 6.07) is 6.82. The molecule has 0 saturated heterocycles. The van der Waals surface area contributed by atoms with Gasteiger partial charge in [-0.3, -0.25) is 10.2 Å². The number of carbonyl (C=O) groups is 1. The Morgan fingerprint density at radius 2 is 1.94 bits per heavy atom. The average Bonchev–Trinajstić information content (AvgIpc) is 2.28. The van der Waals surface area contributed by atoms with Gasteiger partial charge in [-0.1, -0.05) is 0 Å².